The molecule has 0 N–H and O–H groups in total. The molecule has 0 aliphatic heterocycles. The molecule has 300 valence electrons. The molecule has 0 radical (unpaired) electrons. The van der Waals surface area contributed by atoms with Gasteiger partial charge >= 0.3 is 0 Å². The van der Waals surface area contributed by atoms with E-state index in [4.69, 9.17) is 4.42 Å². The van der Waals surface area contributed by atoms with Crippen molar-refractivity contribution in [3.8, 4) is 33.4 Å². The Balaban J connectivity index is 1.08. The summed E-state index contributed by atoms with van der Waals surface area (Å²) in [7, 11) is 0. The Morgan fingerprint density at radius 1 is 0.349 bits per heavy atom. The van der Waals surface area contributed by atoms with Crippen LogP contribution in [0.4, 0.5) is 17.1 Å². The molecule has 9 aromatic carbocycles. The molecular formula is C61H45NO. The van der Waals surface area contributed by atoms with Gasteiger partial charge < -0.3 is 9.32 Å². The number of fused-ring (bicyclic) bond motifs is 12. The van der Waals surface area contributed by atoms with E-state index in [1.807, 2.05) is 0 Å². The normalized spacial score (nSPS) is 15.4. The van der Waals surface area contributed by atoms with Crippen molar-refractivity contribution >= 4 is 39.0 Å². The van der Waals surface area contributed by atoms with E-state index in [1.54, 1.807) is 0 Å². The van der Waals surface area contributed by atoms with Gasteiger partial charge in [0.25, 0.3) is 0 Å². The second kappa shape index (κ2) is 12.8. The van der Waals surface area contributed by atoms with Gasteiger partial charge in [0.15, 0.2) is 0 Å². The van der Waals surface area contributed by atoms with Crippen LogP contribution in [-0.2, 0) is 16.2 Å². The van der Waals surface area contributed by atoms with Crippen molar-refractivity contribution in [2.24, 2.45) is 0 Å². The van der Waals surface area contributed by atoms with Crippen molar-refractivity contribution in [3.63, 3.8) is 0 Å². The first-order valence-electron chi connectivity index (χ1n) is 22.3. The topological polar surface area (TPSA) is 16.4 Å². The van der Waals surface area contributed by atoms with E-state index in [0.717, 1.165) is 39.0 Å². The Morgan fingerprint density at radius 3 is 1.38 bits per heavy atom. The van der Waals surface area contributed by atoms with Gasteiger partial charge in [-0.15, -0.1) is 0 Å². The first kappa shape index (κ1) is 36.3. The summed E-state index contributed by atoms with van der Waals surface area (Å²) in [5, 5.41) is 2.20. The Labute approximate surface area is 368 Å². The van der Waals surface area contributed by atoms with Crippen molar-refractivity contribution < 1.29 is 4.42 Å². The van der Waals surface area contributed by atoms with Gasteiger partial charge in [-0.05, 0) is 126 Å². The van der Waals surface area contributed by atoms with Gasteiger partial charge in [-0.1, -0.05) is 179 Å². The average molecular weight is 808 g/mol. The summed E-state index contributed by atoms with van der Waals surface area (Å²) in [5.41, 5.74) is 22.6. The highest BCUT2D eigenvalue weighted by atomic mass is 16.3. The van der Waals surface area contributed by atoms with E-state index in [0.29, 0.717) is 0 Å². The Bertz CT molecular complexity index is 3380. The minimum Gasteiger partial charge on any atom is -0.456 e. The molecule has 0 amide bonds. The molecule has 0 spiro atoms. The van der Waals surface area contributed by atoms with Gasteiger partial charge in [-0.2, -0.15) is 0 Å². The molecule has 3 aliphatic carbocycles. The van der Waals surface area contributed by atoms with Gasteiger partial charge in [0, 0.05) is 27.6 Å². The SMILES string of the molecule is CC1(C)c2ccccc2-c2ccc(N(c3ccc4c(c3)C(C)(C)c3ccccc3-4)c3cccc4oc5ccc(C6(c7ccccc7)c7ccccc7-c7ccccc76)cc5c34)cc21. The monoisotopic (exact) mass is 807 g/mol. The summed E-state index contributed by atoms with van der Waals surface area (Å²) in [4.78, 5) is 2.50. The predicted octanol–water partition coefficient (Wildman–Crippen LogP) is 16.0. The zero-order valence-electron chi connectivity index (χ0n) is 35.9. The number of anilines is 3. The van der Waals surface area contributed by atoms with Crippen LogP contribution in [0.2, 0.25) is 0 Å². The molecule has 1 aromatic heterocycles. The number of benzene rings is 9. The summed E-state index contributed by atoms with van der Waals surface area (Å²) < 4.78 is 6.88. The molecule has 2 nitrogen and oxygen atoms in total. The Kier molecular flexibility index (Phi) is 7.37. The smallest absolute Gasteiger partial charge is 0.137 e. The molecule has 0 unspecified atom stereocenters. The molecule has 0 saturated carbocycles. The summed E-state index contributed by atoms with van der Waals surface area (Å²) >= 11 is 0. The lowest BCUT2D eigenvalue weighted by molar-refractivity contribution is 0.660. The summed E-state index contributed by atoms with van der Waals surface area (Å²) in [6.45, 7) is 9.48. The van der Waals surface area contributed by atoms with Crippen LogP contribution in [0.15, 0.2) is 205 Å². The van der Waals surface area contributed by atoms with Crippen LogP contribution in [0.3, 0.4) is 0 Å². The average Bonchev–Trinajstić information content (AvgIpc) is 3.99. The minimum atomic E-state index is -0.526. The van der Waals surface area contributed by atoms with Crippen LogP contribution >= 0.6 is 0 Å². The fraction of sp³-hybridized carbons (Fsp3) is 0.115. The maximum atomic E-state index is 6.88. The Morgan fingerprint density at radius 2 is 0.825 bits per heavy atom. The molecule has 10 aromatic rings. The van der Waals surface area contributed by atoms with Crippen LogP contribution in [0, 0.1) is 0 Å². The third kappa shape index (κ3) is 4.79. The van der Waals surface area contributed by atoms with Gasteiger partial charge in [0.05, 0.1) is 16.5 Å². The van der Waals surface area contributed by atoms with Crippen molar-refractivity contribution in [3.05, 3.63) is 245 Å². The van der Waals surface area contributed by atoms with Gasteiger partial charge in [0.1, 0.15) is 11.2 Å². The van der Waals surface area contributed by atoms with Gasteiger partial charge in [-0.3, -0.25) is 0 Å². The number of nitrogens with zero attached hydrogens (tertiary/aromatic N) is 1. The molecule has 0 saturated heterocycles. The first-order valence-corrected chi connectivity index (χ1v) is 22.3. The number of furan rings is 1. The number of hydrogen-bond donors (Lipinski definition) is 0. The molecule has 0 atom stereocenters. The van der Waals surface area contributed by atoms with Crippen LogP contribution < -0.4 is 4.90 Å². The van der Waals surface area contributed by atoms with E-state index in [1.165, 1.54) is 77.9 Å². The predicted molar refractivity (Wildman–Crippen MR) is 261 cm³/mol. The molecule has 3 aliphatic rings. The number of hydrogen-bond acceptors (Lipinski definition) is 2. The third-order valence-corrected chi connectivity index (χ3v) is 15.0. The molecule has 63 heavy (non-hydrogen) atoms. The maximum Gasteiger partial charge on any atom is 0.137 e. The highest BCUT2D eigenvalue weighted by Gasteiger charge is 2.46. The van der Waals surface area contributed by atoms with Crippen molar-refractivity contribution in [2.75, 3.05) is 4.90 Å². The quantitative estimate of drug-likeness (QED) is 0.172. The van der Waals surface area contributed by atoms with E-state index in [9.17, 15) is 0 Å². The number of rotatable bonds is 5. The molecule has 1 heterocycles. The zero-order chi connectivity index (χ0) is 42.2. The molecule has 0 bridgehead atoms. The van der Waals surface area contributed by atoms with E-state index in [2.05, 4.69) is 233 Å². The van der Waals surface area contributed by atoms with Crippen molar-refractivity contribution in [1.29, 1.82) is 0 Å². The maximum absolute atomic E-state index is 6.88. The lowest BCUT2D eigenvalue weighted by Crippen LogP contribution is -2.28. The van der Waals surface area contributed by atoms with Gasteiger partial charge in [-0.25, -0.2) is 0 Å². The first-order chi connectivity index (χ1) is 30.8. The van der Waals surface area contributed by atoms with Crippen LogP contribution in [-0.4, -0.2) is 0 Å². The fourth-order valence-electron chi connectivity index (χ4n) is 12.0. The Hall–Kier alpha value is -7.42. The standard InChI is InChI=1S/C61H45NO/c1-59(2)49-23-12-8-19-42(49)46-32-30-40(36-53(46)59)62(41-31-33-47-43-20-9-13-24-50(43)60(3,4)54(47)37-41)55-27-16-28-57-58(55)48-35-39(29-34-56(48)63-57)61(38-17-6-5-7-18-38)51-25-14-10-21-44(51)45-22-11-15-26-52(45)61/h5-37H,1-4H3. The van der Waals surface area contributed by atoms with E-state index in [-0.39, 0.29) is 10.8 Å². The summed E-state index contributed by atoms with van der Waals surface area (Å²) in [6, 6.07) is 74.6. The second-order valence-electron chi connectivity index (χ2n) is 18.8. The molecule has 2 heteroatoms. The molecular weight excluding hydrogens is 763 g/mol. The molecule has 0 fully saturated rings. The fourth-order valence-corrected chi connectivity index (χ4v) is 12.0. The highest BCUT2D eigenvalue weighted by Crippen LogP contribution is 2.58. The largest absolute Gasteiger partial charge is 0.456 e. The van der Waals surface area contributed by atoms with Crippen LogP contribution in [0.5, 0.6) is 0 Å². The van der Waals surface area contributed by atoms with Crippen LogP contribution in [0.25, 0.3) is 55.3 Å². The zero-order valence-corrected chi connectivity index (χ0v) is 35.9. The second-order valence-corrected chi connectivity index (χ2v) is 18.8. The lowest BCUT2D eigenvalue weighted by atomic mass is 9.67. The summed E-state index contributed by atoms with van der Waals surface area (Å²) in [6.07, 6.45) is 0. The van der Waals surface area contributed by atoms with Crippen LogP contribution in [0.1, 0.15) is 72.2 Å². The lowest BCUT2D eigenvalue weighted by Gasteiger charge is -2.34. The summed E-state index contributed by atoms with van der Waals surface area (Å²) in [5.74, 6) is 0. The van der Waals surface area contributed by atoms with Gasteiger partial charge in [0.2, 0.25) is 0 Å². The van der Waals surface area contributed by atoms with E-state index < -0.39 is 5.41 Å². The van der Waals surface area contributed by atoms with Crippen molar-refractivity contribution in [2.45, 2.75) is 43.9 Å². The minimum absolute atomic E-state index is 0.155. The molecule has 13 rings (SSSR count). The highest BCUT2D eigenvalue weighted by molar-refractivity contribution is 6.14. The third-order valence-electron chi connectivity index (χ3n) is 15.0. The van der Waals surface area contributed by atoms with E-state index >= 15 is 0 Å². The van der Waals surface area contributed by atoms with Crippen molar-refractivity contribution in [1.82, 2.24) is 0 Å².